The van der Waals surface area contributed by atoms with Crippen LogP contribution < -0.4 is 5.32 Å². The molecule has 0 bridgehead atoms. The Morgan fingerprint density at radius 3 is 2.85 bits per heavy atom. The summed E-state index contributed by atoms with van der Waals surface area (Å²) in [6, 6.07) is 2.85. The number of amides is 1. The molecule has 0 aliphatic heterocycles. The molecule has 0 spiro atoms. The zero-order chi connectivity index (χ0) is 15.0. The Balaban J connectivity index is 2.51. The third-order valence-electron chi connectivity index (χ3n) is 2.44. The molecule has 0 heterocycles. The van der Waals surface area contributed by atoms with Gasteiger partial charge in [0.25, 0.3) is 11.6 Å². The number of benzene rings is 1. The van der Waals surface area contributed by atoms with Crippen LogP contribution in [-0.4, -0.2) is 23.9 Å². The summed E-state index contributed by atoms with van der Waals surface area (Å²) < 4.78 is 13.5. The van der Waals surface area contributed by atoms with E-state index in [-0.39, 0.29) is 5.56 Å². The van der Waals surface area contributed by atoms with Gasteiger partial charge in [-0.25, -0.2) is 4.39 Å². The number of nitrogens with one attached hydrogen (secondary N) is 1. The molecule has 0 saturated heterocycles. The molecular weight excluding hydrogens is 269 g/mol. The molecule has 0 saturated carbocycles. The number of hydrogen-bond donors (Lipinski definition) is 1. The number of nitro groups is 1. The van der Waals surface area contributed by atoms with Gasteiger partial charge in [-0.2, -0.15) is 0 Å². The van der Waals surface area contributed by atoms with Gasteiger partial charge in [0.15, 0.2) is 0 Å². The van der Waals surface area contributed by atoms with Crippen LogP contribution >= 0.6 is 0 Å². The van der Waals surface area contributed by atoms with Crippen LogP contribution in [0.2, 0.25) is 0 Å². The van der Waals surface area contributed by atoms with Gasteiger partial charge in [0.05, 0.1) is 16.6 Å². The van der Waals surface area contributed by atoms with Crippen molar-refractivity contribution in [2.75, 3.05) is 13.1 Å². The van der Waals surface area contributed by atoms with E-state index < -0.39 is 22.3 Å². The first-order chi connectivity index (χ1) is 9.56. The molecule has 0 radical (unpaired) electrons. The Morgan fingerprint density at radius 1 is 1.50 bits per heavy atom. The van der Waals surface area contributed by atoms with Gasteiger partial charge in [0.1, 0.15) is 5.82 Å². The number of unbranched alkanes of at least 4 members (excludes halogenated alkanes) is 1. The maximum atomic E-state index is 13.5. The predicted octanol–water partition coefficient (Wildman–Crippen LogP) is 2.55. The standard InChI is InChI=1S/C11H12FN5O3/c12-10-7-8(17(19)20)3-4-9(10)11(18)14-5-1-2-6-15-16-13/h3-4,7H,1-2,5-6H2,(H,14,18). The molecule has 20 heavy (non-hydrogen) atoms. The Morgan fingerprint density at radius 2 is 2.25 bits per heavy atom. The van der Waals surface area contributed by atoms with Crippen molar-refractivity contribution in [1.29, 1.82) is 0 Å². The van der Waals surface area contributed by atoms with Crippen LogP contribution in [0.25, 0.3) is 10.4 Å². The topological polar surface area (TPSA) is 121 Å². The highest BCUT2D eigenvalue weighted by Gasteiger charge is 2.15. The van der Waals surface area contributed by atoms with E-state index >= 15 is 0 Å². The SMILES string of the molecule is [N-]=[N+]=NCCCCNC(=O)c1ccc([N+](=O)[O-])cc1F. The molecule has 9 heteroatoms. The molecular formula is C11H12FN5O3. The number of halogens is 1. The van der Waals surface area contributed by atoms with Crippen LogP contribution in [0.4, 0.5) is 10.1 Å². The Kier molecular flexibility index (Phi) is 5.92. The summed E-state index contributed by atoms with van der Waals surface area (Å²) in [5.74, 6) is -1.58. The van der Waals surface area contributed by atoms with Gasteiger partial charge in [-0.3, -0.25) is 14.9 Å². The average Bonchev–Trinajstić information content (AvgIpc) is 2.42. The van der Waals surface area contributed by atoms with E-state index in [9.17, 15) is 19.3 Å². The largest absolute Gasteiger partial charge is 0.352 e. The molecule has 0 aliphatic rings. The first kappa shape index (κ1) is 15.4. The lowest BCUT2D eigenvalue weighted by molar-refractivity contribution is -0.385. The third kappa shape index (κ3) is 4.54. The smallest absolute Gasteiger partial charge is 0.272 e. The molecule has 0 fully saturated rings. The maximum absolute atomic E-state index is 13.5. The first-order valence-corrected chi connectivity index (χ1v) is 5.79. The molecule has 1 amide bonds. The summed E-state index contributed by atoms with van der Waals surface area (Å²) in [5.41, 5.74) is 7.40. The predicted molar refractivity (Wildman–Crippen MR) is 68.6 cm³/mol. The quantitative estimate of drug-likeness (QED) is 0.206. The molecule has 1 aromatic carbocycles. The van der Waals surface area contributed by atoms with Gasteiger partial charge in [-0.1, -0.05) is 5.11 Å². The van der Waals surface area contributed by atoms with Crippen molar-refractivity contribution in [3.63, 3.8) is 0 Å². The molecule has 1 rings (SSSR count). The van der Waals surface area contributed by atoms with E-state index in [2.05, 4.69) is 15.3 Å². The minimum atomic E-state index is -0.939. The second-order valence-corrected chi connectivity index (χ2v) is 3.84. The van der Waals surface area contributed by atoms with Gasteiger partial charge < -0.3 is 5.32 Å². The highest BCUT2D eigenvalue weighted by Crippen LogP contribution is 2.16. The van der Waals surface area contributed by atoms with E-state index in [1.54, 1.807) is 0 Å². The monoisotopic (exact) mass is 281 g/mol. The van der Waals surface area contributed by atoms with Crippen molar-refractivity contribution in [1.82, 2.24) is 5.32 Å². The van der Waals surface area contributed by atoms with E-state index in [1.807, 2.05) is 0 Å². The highest BCUT2D eigenvalue weighted by atomic mass is 19.1. The number of carbonyl (C=O) groups excluding carboxylic acids is 1. The number of nitrogens with zero attached hydrogens (tertiary/aromatic N) is 4. The lowest BCUT2D eigenvalue weighted by atomic mass is 10.1. The minimum absolute atomic E-state index is 0.245. The van der Waals surface area contributed by atoms with Crippen LogP contribution in [0.15, 0.2) is 23.3 Å². The zero-order valence-electron chi connectivity index (χ0n) is 10.5. The third-order valence-corrected chi connectivity index (χ3v) is 2.44. The van der Waals surface area contributed by atoms with Crippen molar-refractivity contribution >= 4 is 11.6 Å². The van der Waals surface area contributed by atoms with Gasteiger partial charge in [-0.05, 0) is 24.4 Å². The maximum Gasteiger partial charge on any atom is 0.272 e. The van der Waals surface area contributed by atoms with Crippen molar-refractivity contribution in [2.45, 2.75) is 12.8 Å². The molecule has 1 N–H and O–H groups in total. The van der Waals surface area contributed by atoms with E-state index in [0.29, 0.717) is 32.0 Å². The summed E-state index contributed by atoms with van der Waals surface area (Å²) in [6.45, 7) is 0.633. The fraction of sp³-hybridized carbons (Fsp3) is 0.364. The molecule has 106 valence electrons. The number of azide groups is 1. The Labute approximate surface area is 113 Å². The molecule has 0 aromatic heterocycles. The van der Waals surface area contributed by atoms with Crippen LogP contribution in [0, 0.1) is 15.9 Å². The first-order valence-electron chi connectivity index (χ1n) is 5.79. The number of hydrogen-bond acceptors (Lipinski definition) is 4. The summed E-state index contributed by atoms with van der Waals surface area (Å²) in [4.78, 5) is 23.9. The van der Waals surface area contributed by atoms with Crippen molar-refractivity contribution < 1.29 is 14.1 Å². The number of nitro benzene ring substituents is 1. The van der Waals surface area contributed by atoms with E-state index in [1.165, 1.54) is 0 Å². The zero-order valence-corrected chi connectivity index (χ0v) is 10.5. The fourth-order valence-electron chi connectivity index (χ4n) is 1.45. The van der Waals surface area contributed by atoms with Crippen LogP contribution in [0.3, 0.4) is 0 Å². The summed E-state index contributed by atoms with van der Waals surface area (Å²) >= 11 is 0. The van der Waals surface area contributed by atoms with Gasteiger partial charge >= 0.3 is 0 Å². The van der Waals surface area contributed by atoms with Gasteiger partial charge in [0.2, 0.25) is 0 Å². The van der Waals surface area contributed by atoms with Crippen LogP contribution in [0.5, 0.6) is 0 Å². The summed E-state index contributed by atoms with van der Waals surface area (Å²) in [5, 5.41) is 16.2. The molecule has 0 aliphatic carbocycles. The van der Waals surface area contributed by atoms with Crippen LogP contribution in [-0.2, 0) is 0 Å². The molecule has 0 atom stereocenters. The van der Waals surface area contributed by atoms with Crippen LogP contribution in [0.1, 0.15) is 23.2 Å². The fourth-order valence-corrected chi connectivity index (χ4v) is 1.45. The average molecular weight is 281 g/mol. The van der Waals surface area contributed by atoms with Gasteiger partial charge in [0, 0.05) is 24.1 Å². The van der Waals surface area contributed by atoms with Gasteiger partial charge in [-0.15, -0.1) is 0 Å². The Hall–Kier alpha value is -2.67. The second kappa shape index (κ2) is 7.70. The summed E-state index contributed by atoms with van der Waals surface area (Å²) in [6.07, 6.45) is 1.19. The number of rotatable bonds is 7. The normalized spacial score (nSPS) is 9.65. The minimum Gasteiger partial charge on any atom is -0.352 e. The molecule has 8 nitrogen and oxygen atoms in total. The number of non-ortho nitro benzene ring substituents is 1. The summed E-state index contributed by atoms with van der Waals surface area (Å²) in [7, 11) is 0. The molecule has 1 aromatic rings. The lowest BCUT2D eigenvalue weighted by Crippen LogP contribution is -2.25. The molecule has 0 unspecified atom stereocenters. The van der Waals surface area contributed by atoms with Crippen molar-refractivity contribution in [3.8, 4) is 0 Å². The van der Waals surface area contributed by atoms with E-state index in [4.69, 9.17) is 5.53 Å². The van der Waals surface area contributed by atoms with Crippen molar-refractivity contribution in [3.05, 3.63) is 50.1 Å². The van der Waals surface area contributed by atoms with E-state index in [0.717, 1.165) is 12.1 Å². The Bertz CT molecular complexity index is 557. The lowest BCUT2D eigenvalue weighted by Gasteiger charge is -2.05. The highest BCUT2D eigenvalue weighted by molar-refractivity contribution is 5.94. The van der Waals surface area contributed by atoms with Crippen molar-refractivity contribution in [2.24, 2.45) is 5.11 Å². The number of carbonyl (C=O) groups is 1. The second-order valence-electron chi connectivity index (χ2n) is 3.84.